The molecule has 0 aromatic heterocycles. The van der Waals surface area contributed by atoms with Crippen molar-refractivity contribution in [3.8, 4) is 5.75 Å². The molecule has 1 N–H and O–H groups in total. The van der Waals surface area contributed by atoms with E-state index >= 15 is 0 Å². The third-order valence-electron chi connectivity index (χ3n) is 8.37. The van der Waals surface area contributed by atoms with Gasteiger partial charge in [0.1, 0.15) is 18.3 Å². The highest BCUT2D eigenvalue weighted by Crippen LogP contribution is 2.29. The van der Waals surface area contributed by atoms with Crippen LogP contribution in [-0.2, 0) is 32.6 Å². The smallest absolute Gasteiger partial charge is 0.264 e. The molecule has 2 amide bonds. The quantitative estimate of drug-likeness (QED) is 0.154. The molecule has 1 aliphatic rings. The standard InChI is InChI=1S/C36H36Cl3N3O5S/c1-47-31-17-19-32(20-18-31)48(45,46)42(30-15-13-27(37)14-16-30)24-35(43)41(23-26-11-12-28(38)22-33(26)39)34(21-25-7-3-2-4-8-25)36(44)40-29-9-5-6-10-29/h2-4,7-8,11-20,22,29,34H,5-6,9-10,21,23-24H2,1H3,(H,40,44). The van der Waals surface area contributed by atoms with Crippen molar-refractivity contribution in [3.05, 3.63) is 123 Å². The second kappa shape index (κ2) is 16.1. The average Bonchev–Trinajstić information content (AvgIpc) is 3.60. The molecule has 12 heteroatoms. The Morgan fingerprint density at radius 1 is 0.875 bits per heavy atom. The van der Waals surface area contributed by atoms with Crippen molar-refractivity contribution in [3.63, 3.8) is 0 Å². The van der Waals surface area contributed by atoms with Crippen LogP contribution in [0, 0.1) is 0 Å². The number of rotatable bonds is 13. The van der Waals surface area contributed by atoms with Crippen LogP contribution in [0.15, 0.2) is 102 Å². The van der Waals surface area contributed by atoms with E-state index in [0.717, 1.165) is 35.6 Å². The van der Waals surface area contributed by atoms with Gasteiger partial charge in [-0.3, -0.25) is 13.9 Å². The van der Waals surface area contributed by atoms with E-state index < -0.39 is 28.5 Å². The summed E-state index contributed by atoms with van der Waals surface area (Å²) in [4.78, 5) is 30.2. The number of ether oxygens (including phenoxy) is 1. The summed E-state index contributed by atoms with van der Waals surface area (Å²) in [7, 11) is -2.80. The van der Waals surface area contributed by atoms with Gasteiger partial charge < -0.3 is 15.0 Å². The Labute approximate surface area is 296 Å². The van der Waals surface area contributed by atoms with Crippen molar-refractivity contribution < 1.29 is 22.7 Å². The highest BCUT2D eigenvalue weighted by molar-refractivity contribution is 7.92. The Hall–Kier alpha value is -3.76. The topological polar surface area (TPSA) is 96.0 Å². The maximum absolute atomic E-state index is 14.7. The number of hydrogen-bond acceptors (Lipinski definition) is 5. The van der Waals surface area contributed by atoms with Crippen molar-refractivity contribution in [1.82, 2.24) is 10.2 Å². The van der Waals surface area contributed by atoms with Crippen molar-refractivity contribution in [2.24, 2.45) is 0 Å². The number of carbonyl (C=O) groups is 2. The lowest BCUT2D eigenvalue weighted by Gasteiger charge is -2.34. The highest BCUT2D eigenvalue weighted by atomic mass is 35.5. The molecular formula is C36H36Cl3N3O5S. The predicted octanol–water partition coefficient (Wildman–Crippen LogP) is 7.55. The Kier molecular flexibility index (Phi) is 11.9. The molecule has 8 nitrogen and oxygen atoms in total. The lowest BCUT2D eigenvalue weighted by atomic mass is 10.0. The molecule has 252 valence electrons. The summed E-state index contributed by atoms with van der Waals surface area (Å²) in [5.41, 5.74) is 1.62. The van der Waals surface area contributed by atoms with E-state index in [0.29, 0.717) is 26.4 Å². The summed E-state index contributed by atoms with van der Waals surface area (Å²) in [5, 5.41) is 4.29. The molecule has 1 atom stereocenters. The zero-order valence-electron chi connectivity index (χ0n) is 26.3. The van der Waals surface area contributed by atoms with Gasteiger partial charge >= 0.3 is 0 Å². The predicted molar refractivity (Wildman–Crippen MR) is 190 cm³/mol. The molecule has 0 radical (unpaired) electrons. The molecule has 0 bridgehead atoms. The van der Waals surface area contributed by atoms with Crippen molar-refractivity contribution in [2.75, 3.05) is 18.0 Å². The molecule has 0 spiro atoms. The first-order valence-electron chi connectivity index (χ1n) is 15.5. The van der Waals surface area contributed by atoms with E-state index in [9.17, 15) is 18.0 Å². The Morgan fingerprint density at radius 3 is 2.15 bits per heavy atom. The normalized spacial score (nSPS) is 13.9. The molecule has 0 heterocycles. The van der Waals surface area contributed by atoms with Crippen LogP contribution in [0.1, 0.15) is 36.8 Å². The number of carbonyl (C=O) groups excluding carboxylic acids is 2. The van der Waals surface area contributed by atoms with Gasteiger partial charge in [-0.2, -0.15) is 0 Å². The molecule has 48 heavy (non-hydrogen) atoms. The van der Waals surface area contributed by atoms with Gasteiger partial charge in [0, 0.05) is 34.1 Å². The minimum Gasteiger partial charge on any atom is -0.497 e. The third kappa shape index (κ3) is 8.82. The maximum atomic E-state index is 14.7. The van der Waals surface area contributed by atoms with Gasteiger partial charge in [0.2, 0.25) is 11.8 Å². The summed E-state index contributed by atoms with van der Waals surface area (Å²) < 4.78 is 34.7. The van der Waals surface area contributed by atoms with Gasteiger partial charge in [0.25, 0.3) is 10.0 Å². The fourth-order valence-corrected chi connectivity index (χ4v) is 7.77. The Balaban J connectivity index is 1.58. The van der Waals surface area contributed by atoms with E-state index in [-0.39, 0.29) is 35.5 Å². The molecule has 1 fully saturated rings. The first-order chi connectivity index (χ1) is 23.0. The van der Waals surface area contributed by atoms with Gasteiger partial charge in [0.05, 0.1) is 17.7 Å². The summed E-state index contributed by atoms with van der Waals surface area (Å²) in [6.45, 7) is -0.676. The van der Waals surface area contributed by atoms with Crippen LogP contribution in [-0.4, -0.2) is 50.9 Å². The Bertz CT molecular complexity index is 1820. The van der Waals surface area contributed by atoms with Crippen LogP contribution in [0.3, 0.4) is 0 Å². The zero-order chi connectivity index (χ0) is 34.3. The van der Waals surface area contributed by atoms with Crippen molar-refractivity contribution in [2.45, 2.75) is 55.6 Å². The van der Waals surface area contributed by atoms with Crippen molar-refractivity contribution >= 4 is 62.3 Å². The van der Waals surface area contributed by atoms with Gasteiger partial charge in [-0.15, -0.1) is 0 Å². The molecule has 0 saturated heterocycles. The minimum atomic E-state index is -4.29. The van der Waals surface area contributed by atoms with E-state index in [4.69, 9.17) is 39.5 Å². The van der Waals surface area contributed by atoms with E-state index in [1.165, 1.54) is 48.4 Å². The molecule has 1 aliphatic carbocycles. The minimum absolute atomic E-state index is 0.00661. The lowest BCUT2D eigenvalue weighted by molar-refractivity contribution is -0.140. The largest absolute Gasteiger partial charge is 0.497 e. The fourth-order valence-electron chi connectivity index (χ4n) is 5.77. The molecule has 4 aromatic rings. The van der Waals surface area contributed by atoms with Crippen LogP contribution in [0.5, 0.6) is 5.75 Å². The van der Waals surface area contributed by atoms with Crippen LogP contribution < -0.4 is 14.4 Å². The second-order valence-corrected chi connectivity index (χ2v) is 14.8. The highest BCUT2D eigenvalue weighted by Gasteiger charge is 2.36. The Morgan fingerprint density at radius 2 is 1.52 bits per heavy atom. The number of anilines is 1. The number of amides is 2. The first-order valence-corrected chi connectivity index (χ1v) is 18.1. The number of nitrogens with one attached hydrogen (secondary N) is 1. The summed E-state index contributed by atoms with van der Waals surface area (Å²) in [6.07, 6.45) is 3.92. The van der Waals surface area contributed by atoms with Crippen molar-refractivity contribution in [1.29, 1.82) is 0 Å². The van der Waals surface area contributed by atoms with Gasteiger partial charge in [-0.1, -0.05) is 84.0 Å². The van der Waals surface area contributed by atoms with E-state index in [1.807, 2.05) is 30.3 Å². The van der Waals surface area contributed by atoms with Gasteiger partial charge in [-0.05, 0) is 84.6 Å². The average molecular weight is 729 g/mol. The summed E-state index contributed by atoms with van der Waals surface area (Å²) in [5.74, 6) is -0.443. The molecule has 1 unspecified atom stereocenters. The maximum Gasteiger partial charge on any atom is 0.264 e. The molecular weight excluding hydrogens is 693 g/mol. The third-order valence-corrected chi connectivity index (χ3v) is 11.0. The molecule has 1 saturated carbocycles. The van der Waals surface area contributed by atoms with Gasteiger partial charge in [0.15, 0.2) is 0 Å². The summed E-state index contributed by atoms with van der Waals surface area (Å²) >= 11 is 18.9. The number of hydrogen-bond donors (Lipinski definition) is 1. The van der Waals surface area contributed by atoms with E-state index in [1.54, 1.807) is 30.3 Å². The molecule has 4 aromatic carbocycles. The van der Waals surface area contributed by atoms with Crippen LogP contribution >= 0.6 is 34.8 Å². The fraction of sp³-hybridized carbons (Fsp3) is 0.278. The zero-order valence-corrected chi connectivity index (χ0v) is 29.4. The summed E-state index contributed by atoms with van der Waals surface area (Å²) in [6, 6.07) is 25.4. The number of nitrogens with zero attached hydrogens (tertiary/aromatic N) is 2. The second-order valence-electron chi connectivity index (χ2n) is 11.6. The molecule has 5 rings (SSSR count). The monoisotopic (exact) mass is 727 g/mol. The first kappa shape index (κ1) is 35.5. The molecule has 0 aliphatic heterocycles. The van der Waals surface area contributed by atoms with Crippen LogP contribution in [0.4, 0.5) is 5.69 Å². The number of halogens is 3. The van der Waals surface area contributed by atoms with E-state index in [2.05, 4.69) is 5.32 Å². The number of sulfonamides is 1. The van der Waals surface area contributed by atoms with Crippen LogP contribution in [0.2, 0.25) is 15.1 Å². The van der Waals surface area contributed by atoms with Gasteiger partial charge in [-0.25, -0.2) is 8.42 Å². The number of benzene rings is 4. The number of methoxy groups -OCH3 is 1. The van der Waals surface area contributed by atoms with Crippen LogP contribution in [0.25, 0.3) is 0 Å². The SMILES string of the molecule is COc1ccc(S(=O)(=O)N(CC(=O)N(Cc2ccc(Cl)cc2Cl)C(Cc2ccccc2)C(=O)NC2CCCC2)c2ccc(Cl)cc2)cc1. The lowest BCUT2D eigenvalue weighted by Crippen LogP contribution is -2.54.